The molecule has 0 bridgehead atoms. The van der Waals surface area contributed by atoms with Crippen LogP contribution in [0.4, 0.5) is 10.1 Å². The van der Waals surface area contributed by atoms with E-state index in [1.54, 1.807) is 37.3 Å². The second kappa shape index (κ2) is 13.2. The fraction of sp³-hybridized carbons (Fsp3) is 0.281. The predicted molar refractivity (Wildman–Crippen MR) is 165 cm³/mol. The molecule has 14 heteroatoms. The maximum atomic E-state index is 13.3. The SMILES string of the molecule is CNC(=O)c1c(-c2ccc(Oc3ccc(F)cc3)cc2)oc2cc3c(cc12)[C@H](C)O[C@H](COC(=O)CCC(=O)O)CN3S(C)(=O)=O. The Kier molecular flexibility index (Phi) is 9.30. The zero-order valence-corrected chi connectivity index (χ0v) is 25.9. The number of nitrogens with one attached hydrogen (secondary N) is 1. The van der Waals surface area contributed by atoms with Crippen LogP contribution in [0.15, 0.2) is 65.1 Å². The highest BCUT2D eigenvalue weighted by atomic mass is 32.2. The van der Waals surface area contributed by atoms with E-state index in [1.807, 2.05) is 0 Å². The molecule has 1 aliphatic heterocycles. The number of carboxylic acids is 1. The van der Waals surface area contributed by atoms with E-state index in [0.29, 0.717) is 28.0 Å². The summed E-state index contributed by atoms with van der Waals surface area (Å²) in [4.78, 5) is 36.0. The van der Waals surface area contributed by atoms with Crippen LogP contribution in [0.5, 0.6) is 11.5 Å². The monoisotopic (exact) mass is 654 g/mol. The minimum absolute atomic E-state index is 0.195. The van der Waals surface area contributed by atoms with Gasteiger partial charge >= 0.3 is 11.9 Å². The molecule has 0 spiro atoms. The molecule has 46 heavy (non-hydrogen) atoms. The van der Waals surface area contributed by atoms with Gasteiger partial charge in [-0.2, -0.15) is 0 Å². The Bertz CT molecular complexity index is 1890. The summed E-state index contributed by atoms with van der Waals surface area (Å²) in [6.07, 6.45) is -1.27. The molecule has 2 heterocycles. The van der Waals surface area contributed by atoms with Gasteiger partial charge in [0.15, 0.2) is 0 Å². The molecule has 5 rings (SSSR count). The number of rotatable bonds is 10. The highest BCUT2D eigenvalue weighted by Gasteiger charge is 2.34. The molecule has 0 fully saturated rings. The van der Waals surface area contributed by atoms with Crippen molar-refractivity contribution in [2.45, 2.75) is 32.0 Å². The molecular formula is C32H31FN2O10S. The fourth-order valence-electron chi connectivity index (χ4n) is 5.12. The minimum Gasteiger partial charge on any atom is -0.481 e. The van der Waals surface area contributed by atoms with Gasteiger partial charge in [-0.15, -0.1) is 0 Å². The number of benzene rings is 3. The average Bonchev–Trinajstić information content (AvgIpc) is 3.32. The molecule has 0 unspecified atom stereocenters. The summed E-state index contributed by atoms with van der Waals surface area (Å²) in [7, 11) is -2.40. The van der Waals surface area contributed by atoms with E-state index >= 15 is 0 Å². The predicted octanol–water partition coefficient (Wildman–Crippen LogP) is 5.02. The van der Waals surface area contributed by atoms with Gasteiger partial charge < -0.3 is 29.1 Å². The van der Waals surface area contributed by atoms with Crippen LogP contribution in [0, 0.1) is 5.82 Å². The molecule has 2 N–H and O–H groups in total. The van der Waals surface area contributed by atoms with Crippen LogP contribution in [-0.4, -0.2) is 63.9 Å². The Hall–Kier alpha value is -4.95. The molecule has 0 saturated heterocycles. The zero-order valence-electron chi connectivity index (χ0n) is 25.1. The third kappa shape index (κ3) is 7.13. The lowest BCUT2D eigenvalue weighted by Gasteiger charge is -2.24. The molecule has 0 aliphatic carbocycles. The van der Waals surface area contributed by atoms with Crippen molar-refractivity contribution in [1.82, 2.24) is 5.32 Å². The van der Waals surface area contributed by atoms with Gasteiger partial charge in [0.05, 0.1) is 43.0 Å². The van der Waals surface area contributed by atoms with Crippen molar-refractivity contribution in [2.24, 2.45) is 0 Å². The smallest absolute Gasteiger partial charge is 0.306 e. The van der Waals surface area contributed by atoms with Crippen molar-refractivity contribution < 1.29 is 50.9 Å². The lowest BCUT2D eigenvalue weighted by atomic mass is 10.0. The number of halogens is 1. The quantitative estimate of drug-likeness (QED) is 0.222. The number of esters is 1. The van der Waals surface area contributed by atoms with E-state index < -0.39 is 46.5 Å². The van der Waals surface area contributed by atoms with Crippen LogP contribution in [0.2, 0.25) is 0 Å². The molecule has 1 aliphatic rings. The van der Waals surface area contributed by atoms with Gasteiger partial charge in [0.1, 0.15) is 41.4 Å². The molecule has 12 nitrogen and oxygen atoms in total. The number of carbonyl (C=O) groups is 3. The summed E-state index contributed by atoms with van der Waals surface area (Å²) >= 11 is 0. The second-order valence-electron chi connectivity index (χ2n) is 10.6. The summed E-state index contributed by atoms with van der Waals surface area (Å²) < 4.78 is 63.7. The van der Waals surface area contributed by atoms with E-state index in [-0.39, 0.29) is 48.0 Å². The molecule has 4 aromatic rings. The van der Waals surface area contributed by atoms with Crippen LogP contribution in [0.25, 0.3) is 22.3 Å². The number of carbonyl (C=O) groups excluding carboxylic acids is 2. The molecule has 1 amide bonds. The first kappa shape index (κ1) is 32.4. The fourth-order valence-corrected chi connectivity index (χ4v) is 6.07. The van der Waals surface area contributed by atoms with Crippen molar-refractivity contribution in [3.63, 3.8) is 0 Å². The number of aliphatic carboxylic acids is 1. The van der Waals surface area contributed by atoms with Crippen LogP contribution >= 0.6 is 0 Å². The highest BCUT2D eigenvalue weighted by molar-refractivity contribution is 7.92. The van der Waals surface area contributed by atoms with Crippen molar-refractivity contribution in [1.29, 1.82) is 0 Å². The Morgan fingerprint density at radius 1 is 1.04 bits per heavy atom. The number of ether oxygens (including phenoxy) is 3. The van der Waals surface area contributed by atoms with Crippen LogP contribution in [0.1, 0.15) is 41.8 Å². The van der Waals surface area contributed by atoms with Crippen LogP contribution in [0.3, 0.4) is 0 Å². The summed E-state index contributed by atoms with van der Waals surface area (Å²) in [5.41, 5.74) is 1.75. The first-order chi connectivity index (χ1) is 21.8. The summed E-state index contributed by atoms with van der Waals surface area (Å²) in [6.45, 7) is 1.21. The molecule has 2 atom stereocenters. The number of carboxylic acid groups (broad SMARTS) is 1. The normalized spacial score (nSPS) is 16.4. The van der Waals surface area contributed by atoms with Gasteiger partial charge in [-0.25, -0.2) is 12.8 Å². The molecule has 1 aromatic heterocycles. The van der Waals surface area contributed by atoms with Crippen molar-refractivity contribution in [2.75, 3.05) is 30.8 Å². The Balaban J connectivity index is 1.50. The standard InChI is InChI=1S/C32H31FN2O10S/c1-18-24-14-25-27(15-26(24)35(46(3,40)41)16-23(43-18)17-42-29(38)13-12-28(36)37)45-31(30(25)32(39)34-2)19-4-8-21(9-5-19)44-22-10-6-20(33)7-11-22/h4-11,14-15,18,23H,12-13,16-17H2,1-3H3,(H,34,39)(H,36,37)/t18-,23-/m0/s1. The van der Waals surface area contributed by atoms with Crippen LogP contribution in [-0.2, 0) is 29.1 Å². The first-order valence-corrected chi connectivity index (χ1v) is 16.1. The van der Waals surface area contributed by atoms with Crippen molar-refractivity contribution in [3.8, 4) is 22.8 Å². The van der Waals surface area contributed by atoms with E-state index in [2.05, 4.69) is 5.32 Å². The Morgan fingerprint density at radius 3 is 2.30 bits per heavy atom. The summed E-state index contributed by atoms with van der Waals surface area (Å²) in [5.74, 6) is -1.56. The summed E-state index contributed by atoms with van der Waals surface area (Å²) in [6, 6.07) is 15.5. The van der Waals surface area contributed by atoms with Gasteiger partial charge in [0, 0.05) is 29.6 Å². The number of sulfonamides is 1. The minimum atomic E-state index is -3.88. The van der Waals surface area contributed by atoms with Gasteiger partial charge in [0.25, 0.3) is 5.91 Å². The molecule has 3 aromatic carbocycles. The maximum absolute atomic E-state index is 13.3. The second-order valence-corrected chi connectivity index (χ2v) is 12.6. The maximum Gasteiger partial charge on any atom is 0.306 e. The lowest BCUT2D eigenvalue weighted by Crippen LogP contribution is -2.39. The van der Waals surface area contributed by atoms with Gasteiger partial charge in [-0.1, -0.05) is 0 Å². The van der Waals surface area contributed by atoms with E-state index in [0.717, 1.165) is 10.6 Å². The van der Waals surface area contributed by atoms with Gasteiger partial charge in [-0.3, -0.25) is 18.7 Å². The number of hydrogen-bond donors (Lipinski definition) is 2. The lowest BCUT2D eigenvalue weighted by molar-refractivity contribution is -0.151. The average molecular weight is 655 g/mol. The topological polar surface area (TPSA) is 162 Å². The number of hydrogen-bond acceptors (Lipinski definition) is 9. The van der Waals surface area contributed by atoms with Crippen LogP contribution < -0.4 is 14.4 Å². The van der Waals surface area contributed by atoms with E-state index in [9.17, 15) is 27.2 Å². The van der Waals surface area contributed by atoms with Gasteiger partial charge in [0.2, 0.25) is 10.0 Å². The molecule has 242 valence electrons. The van der Waals surface area contributed by atoms with E-state index in [4.69, 9.17) is 23.7 Å². The molecular weight excluding hydrogens is 623 g/mol. The number of amides is 1. The van der Waals surface area contributed by atoms with Gasteiger partial charge in [-0.05, 0) is 61.5 Å². The van der Waals surface area contributed by atoms with E-state index in [1.165, 1.54) is 37.4 Å². The molecule has 0 saturated carbocycles. The first-order valence-electron chi connectivity index (χ1n) is 14.2. The largest absolute Gasteiger partial charge is 0.481 e. The number of furan rings is 1. The number of anilines is 1. The third-order valence-electron chi connectivity index (χ3n) is 7.30. The molecule has 0 radical (unpaired) electrons. The third-order valence-corrected chi connectivity index (χ3v) is 8.45. The van der Waals surface area contributed by atoms with Crippen molar-refractivity contribution >= 4 is 44.5 Å². The Labute approximate surface area is 263 Å². The number of nitrogens with zero attached hydrogens (tertiary/aromatic N) is 1. The highest BCUT2D eigenvalue weighted by Crippen LogP contribution is 2.42. The van der Waals surface area contributed by atoms with Crippen molar-refractivity contribution in [3.05, 3.63) is 77.6 Å². The zero-order chi connectivity index (χ0) is 33.2. The number of fused-ring (bicyclic) bond motifs is 2. The summed E-state index contributed by atoms with van der Waals surface area (Å²) in [5, 5.41) is 11.9. The Morgan fingerprint density at radius 2 is 1.70 bits per heavy atom.